The second-order valence-corrected chi connectivity index (χ2v) is 7.57. The van der Waals surface area contributed by atoms with Crippen LogP contribution in [-0.4, -0.2) is 22.1 Å². The van der Waals surface area contributed by atoms with Crippen molar-refractivity contribution >= 4 is 32.8 Å². The summed E-state index contributed by atoms with van der Waals surface area (Å²) in [6.07, 6.45) is 0.709. The zero-order valence-corrected chi connectivity index (χ0v) is 18.2. The van der Waals surface area contributed by atoms with Crippen molar-refractivity contribution in [3.8, 4) is 11.5 Å². The van der Waals surface area contributed by atoms with Crippen LogP contribution in [0.3, 0.4) is 0 Å². The van der Waals surface area contributed by atoms with Gasteiger partial charge >= 0.3 is 5.97 Å². The van der Waals surface area contributed by atoms with E-state index in [9.17, 15) is 9.59 Å². The third-order valence-corrected chi connectivity index (χ3v) is 5.56. The number of benzene rings is 2. The molecular weight excluding hydrogens is 436 g/mol. The summed E-state index contributed by atoms with van der Waals surface area (Å²) in [4.78, 5) is 29.3. The highest BCUT2D eigenvalue weighted by Crippen LogP contribution is 2.34. The van der Waals surface area contributed by atoms with Gasteiger partial charge in [-0.25, -0.2) is 4.98 Å². The van der Waals surface area contributed by atoms with E-state index in [1.54, 1.807) is 35.8 Å². The number of carbonyl (C=O) groups excluding carboxylic acids is 1. The zero-order chi connectivity index (χ0) is 21.0. The summed E-state index contributed by atoms with van der Waals surface area (Å²) in [5, 5.41) is 0.582. The second kappa shape index (κ2) is 9.22. The molecule has 7 heteroatoms. The van der Waals surface area contributed by atoms with E-state index in [2.05, 4.69) is 20.9 Å². The number of rotatable bonds is 7. The van der Waals surface area contributed by atoms with E-state index in [-0.39, 0.29) is 24.1 Å². The van der Waals surface area contributed by atoms with Gasteiger partial charge < -0.3 is 9.47 Å². The summed E-state index contributed by atoms with van der Waals surface area (Å²) < 4.78 is 13.5. The van der Waals surface area contributed by atoms with Gasteiger partial charge in [-0.2, -0.15) is 0 Å². The van der Waals surface area contributed by atoms with Crippen LogP contribution in [0.25, 0.3) is 10.9 Å². The first-order chi connectivity index (χ1) is 13.9. The van der Waals surface area contributed by atoms with Crippen LogP contribution < -0.4 is 15.0 Å². The molecule has 0 saturated carbocycles. The minimum Gasteiger partial charge on any atom is -0.490 e. The summed E-state index contributed by atoms with van der Waals surface area (Å²) in [6.45, 7) is 6.19. The Morgan fingerprint density at radius 2 is 1.90 bits per heavy atom. The van der Waals surface area contributed by atoms with Crippen LogP contribution in [0.2, 0.25) is 0 Å². The quantitative estimate of drug-likeness (QED) is 0.385. The Labute approximate surface area is 177 Å². The fraction of sp³-hybridized carbons (Fsp3) is 0.318. The summed E-state index contributed by atoms with van der Waals surface area (Å²) in [7, 11) is 0. The van der Waals surface area contributed by atoms with E-state index in [0.29, 0.717) is 45.7 Å². The van der Waals surface area contributed by atoms with Crippen molar-refractivity contribution in [3.05, 3.63) is 63.1 Å². The molecule has 0 aliphatic carbocycles. The number of hydrogen-bond donors (Lipinski definition) is 0. The first-order valence-electron chi connectivity index (χ1n) is 9.51. The Hall–Kier alpha value is -2.67. The normalized spacial score (nSPS) is 12.0. The lowest BCUT2D eigenvalue weighted by Crippen LogP contribution is -2.26. The first-order valence-corrected chi connectivity index (χ1v) is 10.3. The molecule has 152 valence electrons. The van der Waals surface area contributed by atoms with Gasteiger partial charge in [-0.3, -0.25) is 14.2 Å². The van der Waals surface area contributed by atoms with Gasteiger partial charge in [-0.15, -0.1) is 0 Å². The topological polar surface area (TPSA) is 70.4 Å². The highest BCUT2D eigenvalue weighted by molar-refractivity contribution is 9.10. The molecule has 6 nitrogen and oxygen atoms in total. The van der Waals surface area contributed by atoms with Crippen LogP contribution in [0.1, 0.15) is 26.1 Å². The Morgan fingerprint density at radius 1 is 1.17 bits per heavy atom. The van der Waals surface area contributed by atoms with Crippen LogP contribution in [0.5, 0.6) is 11.5 Å². The molecule has 0 bridgehead atoms. The molecule has 1 atom stereocenters. The number of hydrogen-bond acceptors (Lipinski definition) is 5. The van der Waals surface area contributed by atoms with Crippen LogP contribution in [0.4, 0.5) is 0 Å². The molecule has 1 unspecified atom stereocenters. The lowest BCUT2D eigenvalue weighted by Gasteiger charge is -2.15. The van der Waals surface area contributed by atoms with Crippen LogP contribution >= 0.6 is 15.9 Å². The van der Waals surface area contributed by atoms with E-state index >= 15 is 0 Å². The first kappa shape index (κ1) is 21.0. The predicted octanol–water partition coefficient (Wildman–Crippen LogP) is 4.50. The van der Waals surface area contributed by atoms with Crippen LogP contribution in [0, 0.1) is 12.8 Å². The number of nitrogens with zero attached hydrogens (tertiary/aromatic N) is 2. The molecule has 0 aliphatic rings. The number of aromatic nitrogens is 2. The maximum absolute atomic E-state index is 12.7. The van der Waals surface area contributed by atoms with Crippen molar-refractivity contribution in [2.24, 2.45) is 5.92 Å². The standard InChI is InChI=1S/C22H23BrN2O4/c1-4-14(2)22(27)29-19-11-7-10-18(20(19)23)28-13-12-25-15(3)24-17-9-6-5-8-16(17)21(25)26/h5-11,14H,4,12-13H2,1-3H3. The Morgan fingerprint density at radius 3 is 2.66 bits per heavy atom. The second-order valence-electron chi connectivity index (χ2n) is 6.78. The fourth-order valence-electron chi connectivity index (χ4n) is 2.85. The Kier molecular flexibility index (Phi) is 6.69. The van der Waals surface area contributed by atoms with Gasteiger partial charge in [0.2, 0.25) is 0 Å². The number of aryl methyl sites for hydroxylation is 1. The number of esters is 1. The SMILES string of the molecule is CCC(C)C(=O)Oc1cccc(OCCn2c(C)nc3ccccc3c2=O)c1Br. The highest BCUT2D eigenvalue weighted by Gasteiger charge is 2.16. The molecule has 29 heavy (non-hydrogen) atoms. The lowest BCUT2D eigenvalue weighted by molar-refractivity contribution is -0.138. The number of para-hydroxylation sites is 1. The molecule has 1 aromatic heterocycles. The Bertz CT molecular complexity index is 1090. The third-order valence-electron chi connectivity index (χ3n) is 4.78. The molecule has 2 aromatic carbocycles. The minimum atomic E-state index is -0.283. The maximum atomic E-state index is 12.7. The predicted molar refractivity (Wildman–Crippen MR) is 115 cm³/mol. The molecule has 0 spiro atoms. The smallest absolute Gasteiger partial charge is 0.314 e. The van der Waals surface area contributed by atoms with Gasteiger partial charge in [0.05, 0.1) is 23.4 Å². The largest absolute Gasteiger partial charge is 0.490 e. The minimum absolute atomic E-state index is 0.0907. The van der Waals surface area contributed by atoms with Crippen molar-refractivity contribution in [1.29, 1.82) is 0 Å². The Balaban J connectivity index is 1.73. The third kappa shape index (κ3) is 4.67. The van der Waals surface area contributed by atoms with Crippen molar-refractivity contribution in [3.63, 3.8) is 0 Å². The van der Waals surface area contributed by atoms with E-state index in [1.165, 1.54) is 0 Å². The average Bonchev–Trinajstić information content (AvgIpc) is 2.72. The maximum Gasteiger partial charge on any atom is 0.314 e. The molecule has 0 N–H and O–H groups in total. The molecule has 0 aliphatic heterocycles. The number of ether oxygens (including phenoxy) is 2. The summed E-state index contributed by atoms with van der Waals surface area (Å²) in [5.74, 6) is 1.12. The summed E-state index contributed by atoms with van der Waals surface area (Å²) >= 11 is 3.45. The van der Waals surface area contributed by atoms with Crippen molar-refractivity contribution in [2.45, 2.75) is 33.7 Å². The van der Waals surface area contributed by atoms with Crippen LogP contribution in [0.15, 0.2) is 51.7 Å². The molecule has 0 amide bonds. The molecule has 0 radical (unpaired) electrons. The number of carbonyl (C=O) groups is 1. The van der Waals surface area contributed by atoms with E-state index < -0.39 is 0 Å². The molecular formula is C22H23BrN2O4. The van der Waals surface area contributed by atoms with E-state index in [1.807, 2.05) is 32.0 Å². The monoisotopic (exact) mass is 458 g/mol. The summed E-state index contributed by atoms with van der Waals surface area (Å²) in [6, 6.07) is 12.5. The molecule has 1 heterocycles. The fourth-order valence-corrected chi connectivity index (χ4v) is 3.31. The van der Waals surface area contributed by atoms with E-state index in [4.69, 9.17) is 9.47 Å². The van der Waals surface area contributed by atoms with Crippen molar-refractivity contribution in [1.82, 2.24) is 9.55 Å². The molecule has 3 rings (SSSR count). The lowest BCUT2D eigenvalue weighted by atomic mass is 10.1. The average molecular weight is 459 g/mol. The van der Waals surface area contributed by atoms with Gasteiger partial charge in [-0.05, 0) is 53.5 Å². The van der Waals surface area contributed by atoms with Gasteiger partial charge in [0.15, 0.2) is 0 Å². The van der Waals surface area contributed by atoms with E-state index in [0.717, 1.165) is 0 Å². The van der Waals surface area contributed by atoms with Gasteiger partial charge in [0.25, 0.3) is 5.56 Å². The number of halogens is 1. The van der Waals surface area contributed by atoms with Crippen molar-refractivity contribution in [2.75, 3.05) is 6.61 Å². The van der Waals surface area contributed by atoms with Crippen LogP contribution in [-0.2, 0) is 11.3 Å². The molecule has 0 fully saturated rings. The summed E-state index contributed by atoms with van der Waals surface area (Å²) in [5.41, 5.74) is 0.595. The number of fused-ring (bicyclic) bond motifs is 1. The van der Waals surface area contributed by atoms with Crippen molar-refractivity contribution < 1.29 is 14.3 Å². The molecule has 3 aromatic rings. The van der Waals surface area contributed by atoms with Gasteiger partial charge in [0.1, 0.15) is 28.4 Å². The molecule has 0 saturated heterocycles. The highest BCUT2D eigenvalue weighted by atomic mass is 79.9. The van der Waals surface area contributed by atoms with Gasteiger partial charge in [-0.1, -0.05) is 32.0 Å². The zero-order valence-electron chi connectivity index (χ0n) is 16.6. The van der Waals surface area contributed by atoms with Gasteiger partial charge in [0, 0.05) is 0 Å².